The summed E-state index contributed by atoms with van der Waals surface area (Å²) in [5.41, 5.74) is 0.390. The second kappa shape index (κ2) is 5.44. The predicted molar refractivity (Wildman–Crippen MR) is 82.3 cm³/mol. The van der Waals surface area contributed by atoms with Gasteiger partial charge in [0.05, 0.1) is 21.6 Å². The first-order valence-electron chi connectivity index (χ1n) is 6.76. The number of amides is 1. The van der Waals surface area contributed by atoms with Gasteiger partial charge in [-0.3, -0.25) is 4.79 Å². The number of nitrogens with zero attached hydrogens (tertiary/aromatic N) is 2. The van der Waals surface area contributed by atoms with Crippen LogP contribution in [0.5, 0.6) is 0 Å². The van der Waals surface area contributed by atoms with Crippen LogP contribution in [0.25, 0.3) is 0 Å². The number of carbonyl (C=O) groups excluding carboxylic acids is 1. The Bertz CT molecular complexity index is 572. The predicted octanol–water partition coefficient (Wildman–Crippen LogP) is 2.65. The minimum atomic E-state index is -0.642. The highest BCUT2D eigenvalue weighted by atomic mass is 79.9. The summed E-state index contributed by atoms with van der Waals surface area (Å²) in [4.78, 5) is 21.4. The molecule has 1 aromatic rings. The van der Waals surface area contributed by atoms with E-state index in [9.17, 15) is 4.79 Å². The molecule has 0 aromatic carbocycles. The van der Waals surface area contributed by atoms with E-state index in [2.05, 4.69) is 31.4 Å². The molecule has 21 heavy (non-hydrogen) atoms. The Labute approximate surface area is 132 Å². The lowest BCUT2D eigenvalue weighted by Gasteiger charge is -2.21. The van der Waals surface area contributed by atoms with Crippen molar-refractivity contribution in [3.05, 3.63) is 17.8 Å². The molecule has 0 spiro atoms. The molecule has 0 saturated heterocycles. The lowest BCUT2D eigenvalue weighted by Crippen LogP contribution is -2.44. The molecule has 1 aliphatic rings. The second-order valence-electron chi connectivity index (χ2n) is 6.15. The maximum absolute atomic E-state index is 11.9. The number of alkyl halides is 1. The zero-order chi connectivity index (χ0) is 15.8. The average Bonchev–Trinajstić information content (AvgIpc) is 2.97. The van der Waals surface area contributed by atoms with Gasteiger partial charge in [-0.15, -0.1) is 0 Å². The van der Waals surface area contributed by atoms with Gasteiger partial charge < -0.3 is 14.6 Å². The Balaban J connectivity index is 2.03. The molecule has 1 aliphatic heterocycles. The zero-order valence-electron chi connectivity index (χ0n) is 12.9. The van der Waals surface area contributed by atoms with Crippen LogP contribution >= 0.6 is 15.9 Å². The third kappa shape index (κ3) is 3.45. The number of aryl methyl sites for hydroxylation is 1. The lowest BCUT2D eigenvalue weighted by molar-refractivity contribution is -0.126. The molecule has 1 atom stereocenters. The topological polar surface area (TPSA) is 76.7 Å². The van der Waals surface area contributed by atoms with E-state index in [1.165, 1.54) is 0 Å². The fraction of sp³-hybridized carbons (Fsp3) is 0.643. The summed E-state index contributed by atoms with van der Waals surface area (Å²) in [6.07, 6.45) is 1.76. The summed E-state index contributed by atoms with van der Waals surface area (Å²) in [5, 5.41) is 6.92. The van der Waals surface area contributed by atoms with Crippen molar-refractivity contribution in [2.75, 3.05) is 0 Å². The first-order valence-corrected chi connectivity index (χ1v) is 7.56. The van der Waals surface area contributed by atoms with Gasteiger partial charge in [0.15, 0.2) is 5.89 Å². The SMILES string of the molecule is Cc1ncc(C(C)(C)C2=NOC(NC(=O)C(C)(C)Br)C2)o1. The first-order chi connectivity index (χ1) is 9.60. The van der Waals surface area contributed by atoms with E-state index in [0.717, 1.165) is 11.5 Å². The van der Waals surface area contributed by atoms with Gasteiger partial charge in [0.25, 0.3) is 0 Å². The molecule has 2 heterocycles. The number of oxime groups is 1. The summed E-state index contributed by atoms with van der Waals surface area (Å²) in [7, 11) is 0. The third-order valence-corrected chi connectivity index (χ3v) is 3.82. The van der Waals surface area contributed by atoms with Crippen LogP contribution < -0.4 is 5.32 Å². The Morgan fingerprint density at radius 1 is 1.43 bits per heavy atom. The van der Waals surface area contributed by atoms with Crippen molar-refractivity contribution >= 4 is 27.5 Å². The highest BCUT2D eigenvalue weighted by molar-refractivity contribution is 9.10. The van der Waals surface area contributed by atoms with Crippen molar-refractivity contribution in [3.8, 4) is 0 Å². The fourth-order valence-electron chi connectivity index (χ4n) is 1.93. The maximum atomic E-state index is 11.9. The van der Waals surface area contributed by atoms with Crippen molar-refractivity contribution in [1.29, 1.82) is 0 Å². The fourth-order valence-corrected chi connectivity index (χ4v) is 2.05. The normalized spacial score (nSPS) is 19.1. The van der Waals surface area contributed by atoms with E-state index < -0.39 is 16.0 Å². The number of carbonyl (C=O) groups is 1. The van der Waals surface area contributed by atoms with E-state index in [0.29, 0.717) is 12.3 Å². The van der Waals surface area contributed by atoms with Gasteiger partial charge in [-0.25, -0.2) is 4.98 Å². The van der Waals surface area contributed by atoms with Crippen LogP contribution in [0.1, 0.15) is 45.8 Å². The highest BCUT2D eigenvalue weighted by Gasteiger charge is 2.38. The quantitative estimate of drug-likeness (QED) is 0.840. The molecule has 7 heteroatoms. The van der Waals surface area contributed by atoms with Gasteiger partial charge in [-0.05, 0) is 27.7 Å². The summed E-state index contributed by atoms with van der Waals surface area (Å²) in [6, 6.07) is 0. The van der Waals surface area contributed by atoms with E-state index in [-0.39, 0.29) is 5.91 Å². The Morgan fingerprint density at radius 2 is 2.10 bits per heavy atom. The molecule has 1 unspecified atom stereocenters. The minimum absolute atomic E-state index is 0.141. The monoisotopic (exact) mass is 357 g/mol. The molecule has 2 rings (SSSR count). The van der Waals surface area contributed by atoms with Crippen molar-refractivity contribution in [3.63, 3.8) is 0 Å². The Morgan fingerprint density at radius 3 is 2.62 bits per heavy atom. The van der Waals surface area contributed by atoms with E-state index in [4.69, 9.17) is 9.25 Å². The molecule has 1 amide bonds. The highest BCUT2D eigenvalue weighted by Crippen LogP contribution is 2.30. The summed E-state index contributed by atoms with van der Waals surface area (Å²) in [6.45, 7) is 9.34. The van der Waals surface area contributed by atoms with Crippen LogP contribution in [-0.2, 0) is 15.0 Å². The van der Waals surface area contributed by atoms with Gasteiger partial charge >= 0.3 is 0 Å². The van der Waals surface area contributed by atoms with Crippen molar-refractivity contribution in [2.24, 2.45) is 5.16 Å². The number of aromatic nitrogens is 1. The molecule has 0 fully saturated rings. The van der Waals surface area contributed by atoms with Crippen molar-refractivity contribution in [1.82, 2.24) is 10.3 Å². The van der Waals surface area contributed by atoms with E-state index >= 15 is 0 Å². The zero-order valence-corrected chi connectivity index (χ0v) is 14.4. The van der Waals surface area contributed by atoms with Gasteiger partial charge in [-0.1, -0.05) is 21.1 Å². The van der Waals surface area contributed by atoms with Crippen LogP contribution in [0.2, 0.25) is 0 Å². The number of hydrogen-bond acceptors (Lipinski definition) is 5. The number of nitrogens with one attached hydrogen (secondary N) is 1. The lowest BCUT2D eigenvalue weighted by atomic mass is 9.83. The van der Waals surface area contributed by atoms with Gasteiger partial charge in [0.2, 0.25) is 12.1 Å². The van der Waals surface area contributed by atoms with E-state index in [1.54, 1.807) is 27.0 Å². The molecular formula is C14H20BrN3O3. The van der Waals surface area contributed by atoms with Crippen LogP contribution in [0.15, 0.2) is 15.8 Å². The Hall–Kier alpha value is -1.37. The summed E-state index contributed by atoms with van der Waals surface area (Å²) >= 11 is 3.32. The average molecular weight is 358 g/mol. The molecule has 0 saturated carbocycles. The molecular weight excluding hydrogens is 338 g/mol. The molecule has 0 radical (unpaired) electrons. The van der Waals surface area contributed by atoms with Crippen LogP contribution in [-0.4, -0.2) is 27.2 Å². The van der Waals surface area contributed by atoms with Crippen molar-refractivity contribution < 1.29 is 14.0 Å². The third-order valence-electron chi connectivity index (χ3n) is 3.46. The standard InChI is InChI=1S/C14H20BrN3O3/c1-8-16-7-10(20-8)13(2,3)9-6-11(21-18-9)17-12(19)14(4,5)15/h7,11H,6H2,1-5H3,(H,17,19). The summed E-state index contributed by atoms with van der Waals surface area (Å²) < 4.78 is 4.95. The number of halogens is 1. The van der Waals surface area contributed by atoms with E-state index in [1.807, 2.05) is 13.8 Å². The molecule has 116 valence electrons. The number of rotatable bonds is 4. The van der Waals surface area contributed by atoms with Gasteiger partial charge in [0.1, 0.15) is 5.76 Å². The smallest absolute Gasteiger partial charge is 0.239 e. The van der Waals surface area contributed by atoms with Gasteiger partial charge in [-0.2, -0.15) is 0 Å². The second-order valence-corrected chi connectivity index (χ2v) is 8.13. The molecule has 1 N–H and O–H groups in total. The largest absolute Gasteiger partial charge is 0.445 e. The number of oxazole rings is 1. The molecule has 0 bridgehead atoms. The Kier molecular flexibility index (Phi) is 4.15. The van der Waals surface area contributed by atoms with Crippen LogP contribution in [0.4, 0.5) is 0 Å². The van der Waals surface area contributed by atoms with Gasteiger partial charge in [0, 0.05) is 13.3 Å². The maximum Gasteiger partial charge on any atom is 0.239 e. The molecule has 0 aliphatic carbocycles. The molecule has 6 nitrogen and oxygen atoms in total. The summed E-state index contributed by atoms with van der Waals surface area (Å²) in [5.74, 6) is 1.20. The molecule has 1 aromatic heterocycles. The van der Waals surface area contributed by atoms with Crippen molar-refractivity contribution in [2.45, 2.75) is 57.0 Å². The van der Waals surface area contributed by atoms with Crippen LogP contribution in [0.3, 0.4) is 0 Å². The number of hydrogen-bond donors (Lipinski definition) is 1. The minimum Gasteiger partial charge on any atom is -0.445 e. The first kappa shape index (κ1) is 16.0. The van der Waals surface area contributed by atoms with Crippen LogP contribution in [0, 0.1) is 6.92 Å².